The average Bonchev–Trinajstić information content (AvgIpc) is 3.46. The zero-order chi connectivity index (χ0) is 21.2. The molecule has 1 saturated heterocycles. The van der Waals surface area contributed by atoms with Gasteiger partial charge in [0.15, 0.2) is 0 Å². The minimum atomic E-state index is 0.607. The van der Waals surface area contributed by atoms with Gasteiger partial charge in [-0.1, -0.05) is 23.7 Å². The van der Waals surface area contributed by atoms with Crippen molar-refractivity contribution < 1.29 is 4.42 Å². The van der Waals surface area contributed by atoms with E-state index in [9.17, 15) is 0 Å². The molecule has 0 saturated carbocycles. The Hall–Kier alpha value is -2.89. The summed E-state index contributed by atoms with van der Waals surface area (Å²) in [5.41, 5.74) is 4.41. The molecule has 0 spiro atoms. The van der Waals surface area contributed by atoms with E-state index in [4.69, 9.17) is 21.0 Å². The predicted molar refractivity (Wildman–Crippen MR) is 123 cm³/mol. The summed E-state index contributed by atoms with van der Waals surface area (Å²) in [6.07, 6.45) is 6.01. The fourth-order valence-electron chi connectivity index (χ4n) is 4.25. The summed E-state index contributed by atoms with van der Waals surface area (Å²) >= 11 is 6.03. The number of piperidine rings is 1. The third-order valence-electron chi connectivity index (χ3n) is 6.08. The lowest BCUT2D eigenvalue weighted by Crippen LogP contribution is -2.32. The number of aryl methyl sites for hydroxylation is 1. The molecule has 0 radical (unpaired) electrons. The molecule has 5 nitrogen and oxygen atoms in total. The van der Waals surface area contributed by atoms with Gasteiger partial charge in [0.05, 0.1) is 11.4 Å². The maximum atomic E-state index is 6.03. The third-order valence-corrected chi connectivity index (χ3v) is 6.33. The van der Waals surface area contributed by atoms with Crippen molar-refractivity contribution in [3.63, 3.8) is 0 Å². The van der Waals surface area contributed by atoms with Crippen LogP contribution in [0.2, 0.25) is 5.02 Å². The Kier molecular flexibility index (Phi) is 5.62. The predicted octanol–water partition coefficient (Wildman–Crippen LogP) is 5.87. The Morgan fingerprint density at radius 1 is 1.03 bits per heavy atom. The van der Waals surface area contributed by atoms with Crippen LogP contribution < -0.4 is 0 Å². The van der Waals surface area contributed by atoms with Crippen molar-refractivity contribution in [2.45, 2.75) is 32.2 Å². The van der Waals surface area contributed by atoms with Gasteiger partial charge in [0.1, 0.15) is 5.76 Å². The zero-order valence-electron chi connectivity index (χ0n) is 17.5. The van der Waals surface area contributed by atoms with E-state index in [1.807, 2.05) is 60.3 Å². The summed E-state index contributed by atoms with van der Waals surface area (Å²) in [5, 5.41) is 5.07. The van der Waals surface area contributed by atoms with Gasteiger partial charge in [-0.15, -0.1) is 0 Å². The first-order valence-electron chi connectivity index (χ1n) is 10.7. The van der Waals surface area contributed by atoms with Gasteiger partial charge < -0.3 is 4.42 Å². The van der Waals surface area contributed by atoms with Crippen molar-refractivity contribution in [2.75, 3.05) is 13.1 Å². The van der Waals surface area contributed by atoms with E-state index < -0.39 is 0 Å². The summed E-state index contributed by atoms with van der Waals surface area (Å²) < 4.78 is 7.84. The number of benzene rings is 2. The molecule has 1 aliphatic heterocycles. The van der Waals surface area contributed by atoms with Crippen LogP contribution in [-0.2, 0) is 6.54 Å². The van der Waals surface area contributed by atoms with Gasteiger partial charge in [-0.25, -0.2) is 9.67 Å². The van der Waals surface area contributed by atoms with Gasteiger partial charge in [-0.3, -0.25) is 4.90 Å². The van der Waals surface area contributed by atoms with Crippen molar-refractivity contribution >= 4 is 11.6 Å². The normalized spacial score (nSPS) is 15.4. The van der Waals surface area contributed by atoms with Crippen molar-refractivity contribution in [2.24, 2.45) is 0 Å². The van der Waals surface area contributed by atoms with Gasteiger partial charge in [-0.05, 0) is 86.8 Å². The van der Waals surface area contributed by atoms with Crippen molar-refractivity contribution in [3.05, 3.63) is 89.0 Å². The third kappa shape index (κ3) is 4.43. The van der Waals surface area contributed by atoms with Crippen molar-refractivity contribution in [1.82, 2.24) is 19.7 Å². The summed E-state index contributed by atoms with van der Waals surface area (Å²) in [7, 11) is 0. The van der Waals surface area contributed by atoms with Crippen LogP contribution in [0.1, 0.15) is 35.8 Å². The summed E-state index contributed by atoms with van der Waals surface area (Å²) in [6, 6.07) is 18.3. The van der Waals surface area contributed by atoms with Gasteiger partial charge >= 0.3 is 0 Å². The first kappa shape index (κ1) is 20.0. The minimum Gasteiger partial charge on any atom is -0.441 e. The van der Waals surface area contributed by atoms with Crippen LogP contribution >= 0.6 is 11.6 Å². The molecule has 0 unspecified atom stereocenters. The SMILES string of the molecule is Cc1oc(-c2ccc(-n3cccn3)cc2)nc1CN1CCC(c2ccc(Cl)cc2)CC1. The first-order chi connectivity index (χ1) is 15.2. The molecular weight excluding hydrogens is 408 g/mol. The van der Waals surface area contributed by atoms with Crippen LogP contribution in [-0.4, -0.2) is 32.8 Å². The molecule has 0 amide bonds. The van der Waals surface area contributed by atoms with E-state index in [0.29, 0.717) is 11.8 Å². The number of rotatable bonds is 5. The van der Waals surface area contributed by atoms with Crippen molar-refractivity contribution in [1.29, 1.82) is 0 Å². The molecule has 31 heavy (non-hydrogen) atoms. The highest BCUT2D eigenvalue weighted by Crippen LogP contribution is 2.30. The van der Waals surface area contributed by atoms with Crippen molar-refractivity contribution in [3.8, 4) is 17.1 Å². The molecule has 0 atom stereocenters. The fourth-order valence-corrected chi connectivity index (χ4v) is 4.37. The monoisotopic (exact) mass is 432 g/mol. The number of aromatic nitrogens is 3. The summed E-state index contributed by atoms with van der Waals surface area (Å²) in [4.78, 5) is 7.28. The lowest BCUT2D eigenvalue weighted by Gasteiger charge is -2.31. The Morgan fingerprint density at radius 2 is 1.77 bits per heavy atom. The topological polar surface area (TPSA) is 47.1 Å². The van der Waals surface area contributed by atoms with Crippen LogP contribution in [0.3, 0.4) is 0 Å². The molecular formula is C25H25ClN4O. The standard InChI is InChI=1S/C25H25ClN4O/c1-18-24(17-29-15-11-20(12-16-29)19-3-7-22(26)8-4-19)28-25(31-18)21-5-9-23(10-6-21)30-14-2-13-27-30/h2-10,13-14,20H,11-12,15-17H2,1H3. The molecule has 0 aliphatic carbocycles. The van der Waals surface area contributed by atoms with Crippen LogP contribution in [0.5, 0.6) is 0 Å². The molecule has 4 aromatic rings. The van der Waals surface area contributed by atoms with Crippen LogP contribution in [0.15, 0.2) is 71.4 Å². The Bertz CT molecular complexity index is 1130. The number of hydrogen-bond donors (Lipinski definition) is 0. The molecule has 1 aliphatic rings. The number of oxazole rings is 1. The smallest absolute Gasteiger partial charge is 0.226 e. The molecule has 1 fully saturated rings. The van der Waals surface area contributed by atoms with Gasteiger partial charge in [-0.2, -0.15) is 5.10 Å². The van der Waals surface area contributed by atoms with E-state index in [1.54, 1.807) is 6.20 Å². The zero-order valence-corrected chi connectivity index (χ0v) is 18.3. The molecule has 3 heterocycles. The Morgan fingerprint density at radius 3 is 2.45 bits per heavy atom. The molecule has 5 rings (SSSR count). The number of hydrogen-bond acceptors (Lipinski definition) is 4. The average molecular weight is 433 g/mol. The van der Waals surface area contributed by atoms with E-state index in [-0.39, 0.29) is 0 Å². The minimum absolute atomic E-state index is 0.607. The van der Waals surface area contributed by atoms with E-state index in [1.165, 1.54) is 5.56 Å². The number of halogens is 1. The Balaban J connectivity index is 1.23. The highest BCUT2D eigenvalue weighted by atomic mass is 35.5. The van der Waals surface area contributed by atoms with E-state index in [2.05, 4.69) is 22.1 Å². The highest BCUT2D eigenvalue weighted by Gasteiger charge is 2.22. The second-order valence-corrected chi connectivity index (χ2v) is 8.56. The summed E-state index contributed by atoms with van der Waals surface area (Å²) in [5.74, 6) is 2.18. The van der Waals surface area contributed by atoms with Crippen LogP contribution in [0.25, 0.3) is 17.1 Å². The second kappa shape index (κ2) is 8.69. The molecule has 0 N–H and O–H groups in total. The molecule has 2 aromatic carbocycles. The van der Waals surface area contributed by atoms with Gasteiger partial charge in [0.25, 0.3) is 0 Å². The molecule has 6 heteroatoms. The van der Waals surface area contributed by atoms with Gasteiger partial charge in [0, 0.05) is 29.5 Å². The van der Waals surface area contributed by atoms with Crippen LogP contribution in [0.4, 0.5) is 0 Å². The summed E-state index contributed by atoms with van der Waals surface area (Å²) in [6.45, 7) is 4.96. The molecule has 2 aromatic heterocycles. The maximum absolute atomic E-state index is 6.03. The second-order valence-electron chi connectivity index (χ2n) is 8.12. The number of nitrogens with zero attached hydrogens (tertiary/aromatic N) is 4. The lowest BCUT2D eigenvalue weighted by atomic mass is 9.89. The fraction of sp³-hybridized carbons (Fsp3) is 0.280. The van der Waals surface area contributed by atoms with Gasteiger partial charge in [0.2, 0.25) is 5.89 Å². The van der Waals surface area contributed by atoms with Crippen LogP contribution in [0, 0.1) is 6.92 Å². The van der Waals surface area contributed by atoms with E-state index in [0.717, 1.165) is 60.2 Å². The first-order valence-corrected chi connectivity index (χ1v) is 11.1. The van der Waals surface area contributed by atoms with E-state index >= 15 is 0 Å². The molecule has 0 bridgehead atoms. The Labute approximate surface area is 187 Å². The number of likely N-dealkylation sites (tertiary alicyclic amines) is 1. The quantitative estimate of drug-likeness (QED) is 0.395. The highest BCUT2D eigenvalue weighted by molar-refractivity contribution is 6.30. The lowest BCUT2D eigenvalue weighted by molar-refractivity contribution is 0.202. The molecule has 158 valence electrons. The largest absolute Gasteiger partial charge is 0.441 e. The maximum Gasteiger partial charge on any atom is 0.226 e.